The van der Waals surface area contributed by atoms with Crippen LogP contribution in [0.25, 0.3) is 0 Å². The number of allylic oxidation sites excluding steroid dienone is 2. The van der Waals surface area contributed by atoms with Crippen molar-refractivity contribution in [2.45, 2.75) is 13.3 Å². The quantitative estimate of drug-likeness (QED) is 0.426. The van der Waals surface area contributed by atoms with Crippen LogP contribution in [0.2, 0.25) is 0 Å². The molecule has 0 spiro atoms. The number of rotatable bonds is 2. The molecule has 0 aliphatic rings. The molecule has 0 heterocycles. The molecule has 0 aromatic carbocycles. The van der Waals surface area contributed by atoms with Crippen molar-refractivity contribution >= 4 is 0 Å². The molecule has 0 aromatic heterocycles. The van der Waals surface area contributed by atoms with Gasteiger partial charge in [-0.25, -0.2) is 8.78 Å². The Hall–Kier alpha value is -1.00. The zero-order valence-corrected chi connectivity index (χ0v) is 4.67. The summed E-state index contributed by atoms with van der Waals surface area (Å²) in [5, 5.41) is 9.64. The molecular weight excluding hydrogens is 132 g/mol. The third-order valence-electron chi connectivity index (χ3n) is 0.655. The Labute approximate surface area is 50.1 Å². The van der Waals surface area contributed by atoms with Gasteiger partial charge in [0.05, 0.1) is 11.0 Å². The Balaban J connectivity index is 4.00. The van der Waals surface area contributed by atoms with Crippen LogP contribution in [0.5, 0.6) is 0 Å². The first-order valence-corrected chi connectivity index (χ1v) is 2.15. The van der Waals surface area contributed by atoms with Crippen molar-refractivity contribution in [2.75, 3.05) is 0 Å². The van der Waals surface area contributed by atoms with Crippen LogP contribution in [-0.4, -0.2) is 11.3 Å². The molecule has 52 valence electrons. The SMILES string of the molecule is C/C(=C\C(F)F)[N+](=O)[O-]. The number of nitrogens with zero attached hydrogens (tertiary/aromatic N) is 1. The lowest BCUT2D eigenvalue weighted by molar-refractivity contribution is -0.425. The summed E-state index contributed by atoms with van der Waals surface area (Å²) in [6.45, 7) is 1.02. The van der Waals surface area contributed by atoms with Crippen LogP contribution in [0.3, 0.4) is 0 Å². The monoisotopic (exact) mass is 137 g/mol. The van der Waals surface area contributed by atoms with Gasteiger partial charge in [0.25, 0.3) is 6.43 Å². The highest BCUT2D eigenvalue weighted by Crippen LogP contribution is 2.00. The third kappa shape index (κ3) is 3.57. The Kier molecular flexibility index (Phi) is 2.77. The van der Waals surface area contributed by atoms with E-state index in [9.17, 15) is 18.9 Å². The fourth-order valence-corrected chi connectivity index (χ4v) is 0.243. The first kappa shape index (κ1) is 8.00. The van der Waals surface area contributed by atoms with E-state index in [1.54, 1.807) is 0 Å². The maximum atomic E-state index is 11.3. The molecule has 0 aromatic rings. The summed E-state index contributed by atoms with van der Waals surface area (Å²) in [4.78, 5) is 8.78. The number of nitro groups is 1. The van der Waals surface area contributed by atoms with Gasteiger partial charge in [-0.15, -0.1) is 0 Å². The Bertz CT molecular complexity index is 144. The summed E-state index contributed by atoms with van der Waals surface area (Å²) < 4.78 is 22.5. The zero-order chi connectivity index (χ0) is 7.44. The van der Waals surface area contributed by atoms with Crippen LogP contribution < -0.4 is 0 Å². The third-order valence-corrected chi connectivity index (χ3v) is 0.655. The van der Waals surface area contributed by atoms with Crippen molar-refractivity contribution < 1.29 is 13.7 Å². The molecule has 0 unspecified atom stereocenters. The summed E-state index contributed by atoms with van der Waals surface area (Å²) in [5.74, 6) is 0. The van der Waals surface area contributed by atoms with Gasteiger partial charge in [-0.3, -0.25) is 10.1 Å². The molecule has 3 nitrogen and oxygen atoms in total. The predicted octanol–water partition coefficient (Wildman–Crippen LogP) is 1.43. The molecule has 0 saturated carbocycles. The first-order chi connectivity index (χ1) is 4.04. The maximum absolute atomic E-state index is 11.3. The van der Waals surface area contributed by atoms with E-state index in [-0.39, 0.29) is 0 Å². The van der Waals surface area contributed by atoms with Gasteiger partial charge in [0.1, 0.15) is 0 Å². The first-order valence-electron chi connectivity index (χ1n) is 2.15. The lowest BCUT2D eigenvalue weighted by Crippen LogP contribution is -1.96. The minimum absolute atomic E-state index is 0.292. The van der Waals surface area contributed by atoms with Gasteiger partial charge in [-0.2, -0.15) is 0 Å². The normalized spacial score (nSPS) is 12.2. The van der Waals surface area contributed by atoms with Crippen LogP contribution in [0.15, 0.2) is 11.8 Å². The van der Waals surface area contributed by atoms with Gasteiger partial charge in [-0.05, 0) is 0 Å². The molecule has 0 radical (unpaired) electrons. The van der Waals surface area contributed by atoms with Crippen molar-refractivity contribution in [1.29, 1.82) is 0 Å². The van der Waals surface area contributed by atoms with Crippen LogP contribution in [0.4, 0.5) is 8.78 Å². The topological polar surface area (TPSA) is 43.1 Å². The van der Waals surface area contributed by atoms with E-state index in [0.29, 0.717) is 6.08 Å². The molecule has 0 aliphatic heterocycles. The second-order valence-electron chi connectivity index (χ2n) is 1.40. The average Bonchev–Trinajstić information content (AvgIpc) is 1.63. The van der Waals surface area contributed by atoms with Gasteiger partial charge in [0.15, 0.2) is 0 Å². The van der Waals surface area contributed by atoms with Crippen molar-refractivity contribution in [3.8, 4) is 0 Å². The molecule has 0 amide bonds. The smallest absolute Gasteiger partial charge is 0.259 e. The minimum Gasteiger partial charge on any atom is -0.259 e. The van der Waals surface area contributed by atoms with E-state index >= 15 is 0 Å². The van der Waals surface area contributed by atoms with Gasteiger partial charge < -0.3 is 0 Å². The summed E-state index contributed by atoms with van der Waals surface area (Å²) >= 11 is 0. The molecule has 0 N–H and O–H groups in total. The van der Waals surface area contributed by atoms with Crippen molar-refractivity contribution in [3.63, 3.8) is 0 Å². The molecule has 0 fully saturated rings. The molecule has 5 heteroatoms. The van der Waals surface area contributed by atoms with E-state index in [1.165, 1.54) is 0 Å². The molecule has 0 aliphatic carbocycles. The molecule has 0 rings (SSSR count). The highest BCUT2D eigenvalue weighted by molar-refractivity contribution is 4.88. The van der Waals surface area contributed by atoms with E-state index in [0.717, 1.165) is 6.92 Å². The number of hydrogen-bond donors (Lipinski definition) is 0. The van der Waals surface area contributed by atoms with Crippen molar-refractivity contribution in [2.24, 2.45) is 0 Å². The van der Waals surface area contributed by atoms with Crippen LogP contribution in [0, 0.1) is 10.1 Å². The Morgan fingerprint density at radius 2 is 2.22 bits per heavy atom. The molecule has 0 atom stereocenters. The van der Waals surface area contributed by atoms with Gasteiger partial charge >= 0.3 is 0 Å². The second-order valence-corrected chi connectivity index (χ2v) is 1.40. The average molecular weight is 137 g/mol. The Morgan fingerprint density at radius 1 is 1.78 bits per heavy atom. The molecule has 0 saturated heterocycles. The fourth-order valence-electron chi connectivity index (χ4n) is 0.243. The maximum Gasteiger partial charge on any atom is 0.263 e. The standard InChI is InChI=1S/C4H5F2NO2/c1-3(7(8)9)2-4(5)6/h2,4H,1H3/b3-2+. The van der Waals surface area contributed by atoms with E-state index in [2.05, 4.69) is 0 Å². The molecule has 9 heavy (non-hydrogen) atoms. The lowest BCUT2D eigenvalue weighted by Gasteiger charge is -1.87. The van der Waals surface area contributed by atoms with E-state index < -0.39 is 17.0 Å². The van der Waals surface area contributed by atoms with Gasteiger partial charge in [-0.1, -0.05) is 0 Å². The summed E-state index contributed by atoms with van der Waals surface area (Å²) in [7, 11) is 0. The van der Waals surface area contributed by atoms with Crippen molar-refractivity contribution in [1.82, 2.24) is 0 Å². The largest absolute Gasteiger partial charge is 0.263 e. The molecular formula is C4H5F2NO2. The number of halogens is 2. The minimum atomic E-state index is -2.74. The van der Waals surface area contributed by atoms with Gasteiger partial charge in [0.2, 0.25) is 5.70 Å². The summed E-state index contributed by atoms with van der Waals surface area (Å²) in [5.41, 5.74) is -0.523. The molecule has 0 bridgehead atoms. The summed E-state index contributed by atoms with van der Waals surface area (Å²) in [6.07, 6.45) is -2.45. The van der Waals surface area contributed by atoms with Crippen LogP contribution in [-0.2, 0) is 0 Å². The fraction of sp³-hybridized carbons (Fsp3) is 0.500. The second kappa shape index (κ2) is 3.11. The van der Waals surface area contributed by atoms with Crippen LogP contribution >= 0.6 is 0 Å². The summed E-state index contributed by atoms with van der Waals surface area (Å²) in [6, 6.07) is 0. The highest BCUT2D eigenvalue weighted by Gasteiger charge is 2.05. The number of alkyl halides is 2. The van der Waals surface area contributed by atoms with Crippen molar-refractivity contribution in [3.05, 3.63) is 21.9 Å². The predicted molar refractivity (Wildman–Crippen MR) is 26.8 cm³/mol. The number of hydrogen-bond acceptors (Lipinski definition) is 2. The zero-order valence-electron chi connectivity index (χ0n) is 4.67. The van der Waals surface area contributed by atoms with Gasteiger partial charge in [0, 0.05) is 6.92 Å². The highest BCUT2D eigenvalue weighted by atomic mass is 19.3. The Morgan fingerprint density at radius 3 is 2.33 bits per heavy atom. The van der Waals surface area contributed by atoms with E-state index in [4.69, 9.17) is 0 Å². The van der Waals surface area contributed by atoms with E-state index in [1.807, 2.05) is 0 Å². The lowest BCUT2D eigenvalue weighted by atomic mass is 10.4. The van der Waals surface area contributed by atoms with Crippen LogP contribution in [0.1, 0.15) is 6.92 Å².